The number of fused-ring (bicyclic) bond motifs is 1. The number of hydrogen-bond acceptors (Lipinski definition) is 3. The second-order valence-electron chi connectivity index (χ2n) is 6.17. The summed E-state index contributed by atoms with van der Waals surface area (Å²) in [5.74, 6) is 0.540. The zero-order chi connectivity index (χ0) is 15.6. The molecule has 0 saturated heterocycles. The van der Waals surface area contributed by atoms with Gasteiger partial charge in [-0.25, -0.2) is 0 Å². The number of aromatic nitrogens is 4. The first kappa shape index (κ1) is 15.5. The maximum absolute atomic E-state index is 11.8. The first-order valence-electron chi connectivity index (χ1n) is 7.57. The molecule has 0 aliphatic carbocycles. The lowest BCUT2D eigenvalue weighted by molar-refractivity contribution is -0.121. The highest BCUT2D eigenvalue weighted by Crippen LogP contribution is 2.21. The van der Waals surface area contributed by atoms with Gasteiger partial charge in [0.05, 0.1) is 18.4 Å². The topological polar surface area (TPSA) is 64.7 Å². The molecule has 0 aromatic carbocycles. The molecule has 2 rings (SSSR count). The summed E-state index contributed by atoms with van der Waals surface area (Å²) in [7, 11) is 0. The van der Waals surface area contributed by atoms with Crippen LogP contribution in [0.5, 0.6) is 0 Å². The van der Waals surface area contributed by atoms with Gasteiger partial charge < -0.3 is 5.32 Å². The molecular weight excluding hydrogens is 266 g/mol. The molecule has 0 saturated carbocycles. The van der Waals surface area contributed by atoms with Crippen LogP contribution in [0.4, 0.5) is 0 Å². The first-order valence-corrected chi connectivity index (χ1v) is 7.57. The highest BCUT2D eigenvalue weighted by molar-refractivity contribution is 5.78. The van der Waals surface area contributed by atoms with Crippen molar-refractivity contribution in [2.24, 2.45) is 5.92 Å². The van der Waals surface area contributed by atoms with Gasteiger partial charge >= 0.3 is 0 Å². The fourth-order valence-electron chi connectivity index (χ4n) is 2.36. The van der Waals surface area contributed by atoms with E-state index in [4.69, 9.17) is 0 Å². The van der Waals surface area contributed by atoms with E-state index < -0.39 is 0 Å². The van der Waals surface area contributed by atoms with Crippen LogP contribution in [0, 0.1) is 12.8 Å². The van der Waals surface area contributed by atoms with Crippen molar-refractivity contribution >= 4 is 16.9 Å². The van der Waals surface area contributed by atoms with Crippen molar-refractivity contribution < 1.29 is 4.79 Å². The Morgan fingerprint density at radius 2 is 2.05 bits per heavy atom. The summed E-state index contributed by atoms with van der Waals surface area (Å²) in [6.07, 6.45) is 2.27. The van der Waals surface area contributed by atoms with Gasteiger partial charge in [-0.05, 0) is 26.7 Å². The minimum atomic E-state index is 0.0706. The number of rotatable bonds is 6. The molecule has 0 fully saturated rings. The lowest BCUT2D eigenvalue weighted by atomic mass is 10.2. The largest absolute Gasteiger partial charge is 0.356 e. The third-order valence-electron chi connectivity index (χ3n) is 3.41. The van der Waals surface area contributed by atoms with Crippen LogP contribution in [0.3, 0.4) is 0 Å². The SMILES string of the molecule is Cc1nn(C(C)C)c2cnn(CCC(=O)NCC(C)C)c12. The molecule has 1 amide bonds. The minimum absolute atomic E-state index is 0.0706. The molecule has 0 aliphatic rings. The summed E-state index contributed by atoms with van der Waals surface area (Å²) in [6, 6.07) is 0.299. The average molecular weight is 291 g/mol. The van der Waals surface area contributed by atoms with Crippen LogP contribution in [-0.4, -0.2) is 32.0 Å². The molecule has 0 unspecified atom stereocenters. The van der Waals surface area contributed by atoms with Crippen molar-refractivity contribution in [2.75, 3.05) is 6.54 Å². The Balaban J connectivity index is 2.08. The third kappa shape index (κ3) is 3.43. The van der Waals surface area contributed by atoms with E-state index >= 15 is 0 Å². The standard InChI is InChI=1S/C15H25N5O/c1-10(2)8-16-14(21)6-7-19-15-12(5)18-20(11(3)4)13(15)9-17-19/h9-11H,6-8H2,1-5H3,(H,16,21). The molecule has 116 valence electrons. The molecule has 0 aliphatic heterocycles. The quantitative estimate of drug-likeness (QED) is 0.888. The Labute approximate surface area is 125 Å². The van der Waals surface area contributed by atoms with Gasteiger partial charge in [0.15, 0.2) is 0 Å². The second-order valence-corrected chi connectivity index (χ2v) is 6.17. The van der Waals surface area contributed by atoms with E-state index in [9.17, 15) is 4.79 Å². The summed E-state index contributed by atoms with van der Waals surface area (Å²) >= 11 is 0. The zero-order valence-electron chi connectivity index (χ0n) is 13.6. The molecule has 6 heteroatoms. The van der Waals surface area contributed by atoms with Crippen LogP contribution >= 0.6 is 0 Å². The van der Waals surface area contributed by atoms with E-state index in [2.05, 4.69) is 43.2 Å². The van der Waals surface area contributed by atoms with E-state index in [1.54, 1.807) is 0 Å². The van der Waals surface area contributed by atoms with Gasteiger partial charge in [-0.1, -0.05) is 13.8 Å². The predicted octanol–water partition coefficient (Wildman–Crippen LogP) is 2.28. The summed E-state index contributed by atoms with van der Waals surface area (Å²) in [6.45, 7) is 11.7. The van der Waals surface area contributed by atoms with Gasteiger partial charge in [0.25, 0.3) is 0 Å². The first-order chi connectivity index (χ1) is 9.90. The Morgan fingerprint density at radius 1 is 1.33 bits per heavy atom. The number of aryl methyl sites for hydroxylation is 2. The van der Waals surface area contributed by atoms with Gasteiger partial charge in [0.2, 0.25) is 5.91 Å². The Bertz CT molecular complexity index is 623. The Hall–Kier alpha value is -1.85. The van der Waals surface area contributed by atoms with E-state index in [1.807, 2.05) is 22.5 Å². The fourth-order valence-corrected chi connectivity index (χ4v) is 2.36. The molecule has 6 nitrogen and oxygen atoms in total. The van der Waals surface area contributed by atoms with Crippen molar-refractivity contribution in [3.8, 4) is 0 Å². The number of hydrogen-bond donors (Lipinski definition) is 1. The van der Waals surface area contributed by atoms with E-state index in [0.29, 0.717) is 24.9 Å². The normalized spacial score (nSPS) is 11.8. The van der Waals surface area contributed by atoms with Crippen molar-refractivity contribution in [2.45, 2.75) is 53.6 Å². The van der Waals surface area contributed by atoms with Crippen molar-refractivity contribution in [3.63, 3.8) is 0 Å². The van der Waals surface area contributed by atoms with Gasteiger partial charge in [-0.3, -0.25) is 14.2 Å². The lowest BCUT2D eigenvalue weighted by Gasteiger charge is -2.07. The molecular formula is C15H25N5O. The van der Waals surface area contributed by atoms with Crippen LogP contribution in [0.15, 0.2) is 6.20 Å². The molecule has 2 heterocycles. The maximum Gasteiger partial charge on any atom is 0.221 e. The lowest BCUT2D eigenvalue weighted by Crippen LogP contribution is -2.28. The predicted molar refractivity (Wildman–Crippen MR) is 83.1 cm³/mol. The van der Waals surface area contributed by atoms with Crippen LogP contribution in [0.1, 0.15) is 45.9 Å². The zero-order valence-corrected chi connectivity index (χ0v) is 13.6. The average Bonchev–Trinajstić information content (AvgIpc) is 2.96. The summed E-state index contributed by atoms with van der Waals surface area (Å²) in [5, 5.41) is 11.9. The number of carbonyl (C=O) groups is 1. The van der Waals surface area contributed by atoms with Gasteiger partial charge in [0.1, 0.15) is 11.0 Å². The number of nitrogens with one attached hydrogen (secondary N) is 1. The summed E-state index contributed by atoms with van der Waals surface area (Å²) in [5.41, 5.74) is 3.02. The Morgan fingerprint density at radius 3 is 2.67 bits per heavy atom. The Kier molecular flexibility index (Phi) is 4.65. The van der Waals surface area contributed by atoms with E-state index in [1.165, 1.54) is 0 Å². The maximum atomic E-state index is 11.8. The molecule has 0 radical (unpaired) electrons. The van der Waals surface area contributed by atoms with Crippen molar-refractivity contribution in [1.82, 2.24) is 24.9 Å². The van der Waals surface area contributed by atoms with Crippen molar-refractivity contribution in [1.29, 1.82) is 0 Å². The molecule has 0 atom stereocenters. The third-order valence-corrected chi connectivity index (χ3v) is 3.41. The van der Waals surface area contributed by atoms with Crippen LogP contribution < -0.4 is 5.32 Å². The molecule has 2 aromatic rings. The second kappa shape index (κ2) is 6.28. The monoisotopic (exact) mass is 291 g/mol. The molecule has 21 heavy (non-hydrogen) atoms. The fraction of sp³-hybridized carbons (Fsp3) is 0.667. The molecule has 0 spiro atoms. The van der Waals surface area contributed by atoms with Crippen LogP contribution in [0.2, 0.25) is 0 Å². The van der Waals surface area contributed by atoms with E-state index in [0.717, 1.165) is 23.3 Å². The highest BCUT2D eigenvalue weighted by Gasteiger charge is 2.15. The van der Waals surface area contributed by atoms with Crippen LogP contribution in [0.25, 0.3) is 11.0 Å². The van der Waals surface area contributed by atoms with Gasteiger partial charge in [-0.2, -0.15) is 10.2 Å². The smallest absolute Gasteiger partial charge is 0.221 e. The molecule has 0 bridgehead atoms. The molecule has 2 aromatic heterocycles. The highest BCUT2D eigenvalue weighted by atomic mass is 16.1. The van der Waals surface area contributed by atoms with Crippen molar-refractivity contribution in [3.05, 3.63) is 11.9 Å². The summed E-state index contributed by atoms with van der Waals surface area (Å²) < 4.78 is 3.86. The van der Waals surface area contributed by atoms with Crippen LogP contribution in [-0.2, 0) is 11.3 Å². The van der Waals surface area contributed by atoms with Gasteiger partial charge in [0, 0.05) is 19.0 Å². The number of carbonyl (C=O) groups excluding carboxylic acids is 1. The summed E-state index contributed by atoms with van der Waals surface area (Å²) in [4.78, 5) is 11.8. The minimum Gasteiger partial charge on any atom is -0.356 e. The van der Waals surface area contributed by atoms with E-state index in [-0.39, 0.29) is 5.91 Å². The van der Waals surface area contributed by atoms with Gasteiger partial charge in [-0.15, -0.1) is 0 Å². The molecule has 1 N–H and O–H groups in total. The number of nitrogens with zero attached hydrogens (tertiary/aromatic N) is 4. The number of amides is 1.